The second-order valence-corrected chi connectivity index (χ2v) is 6.01. The van der Waals surface area contributed by atoms with Crippen molar-refractivity contribution in [2.24, 2.45) is 5.92 Å². The molecule has 2 unspecified atom stereocenters. The average molecular weight is 272 g/mol. The van der Waals surface area contributed by atoms with Gasteiger partial charge in [0.25, 0.3) is 5.91 Å². The van der Waals surface area contributed by atoms with Crippen molar-refractivity contribution in [3.63, 3.8) is 0 Å². The average Bonchev–Trinajstić information content (AvgIpc) is 2.92. The SMILES string of the molecule is CCNc1ccc(C(=O)N2CCC3CCCCC32)cc1. The van der Waals surface area contributed by atoms with E-state index in [-0.39, 0.29) is 5.91 Å². The molecule has 3 nitrogen and oxygen atoms in total. The van der Waals surface area contributed by atoms with Gasteiger partial charge in [-0.25, -0.2) is 0 Å². The fourth-order valence-electron chi connectivity index (χ4n) is 3.76. The molecule has 2 fully saturated rings. The lowest BCUT2D eigenvalue weighted by atomic mass is 9.85. The topological polar surface area (TPSA) is 32.3 Å². The Kier molecular flexibility index (Phi) is 3.95. The van der Waals surface area contributed by atoms with E-state index >= 15 is 0 Å². The number of hydrogen-bond acceptors (Lipinski definition) is 2. The first kappa shape index (κ1) is 13.5. The van der Waals surface area contributed by atoms with Crippen LogP contribution in [0, 0.1) is 5.92 Å². The highest BCUT2D eigenvalue weighted by molar-refractivity contribution is 5.95. The van der Waals surface area contributed by atoms with Gasteiger partial charge in [-0.1, -0.05) is 12.8 Å². The number of carbonyl (C=O) groups is 1. The molecule has 1 aromatic rings. The number of carbonyl (C=O) groups excluding carboxylic acids is 1. The van der Waals surface area contributed by atoms with Crippen LogP contribution in [0.4, 0.5) is 5.69 Å². The summed E-state index contributed by atoms with van der Waals surface area (Å²) in [6.07, 6.45) is 6.34. The van der Waals surface area contributed by atoms with Crippen molar-refractivity contribution in [2.45, 2.75) is 45.1 Å². The number of amides is 1. The van der Waals surface area contributed by atoms with E-state index in [9.17, 15) is 4.79 Å². The second-order valence-electron chi connectivity index (χ2n) is 6.01. The minimum absolute atomic E-state index is 0.224. The smallest absolute Gasteiger partial charge is 0.254 e. The van der Waals surface area contributed by atoms with Gasteiger partial charge >= 0.3 is 0 Å². The minimum Gasteiger partial charge on any atom is -0.385 e. The molecule has 2 atom stereocenters. The van der Waals surface area contributed by atoms with E-state index in [2.05, 4.69) is 17.1 Å². The van der Waals surface area contributed by atoms with Crippen LogP contribution in [0.5, 0.6) is 0 Å². The summed E-state index contributed by atoms with van der Waals surface area (Å²) in [6, 6.07) is 8.42. The van der Waals surface area contributed by atoms with E-state index in [4.69, 9.17) is 0 Å². The van der Waals surface area contributed by atoms with Crippen LogP contribution in [0.25, 0.3) is 0 Å². The highest BCUT2D eigenvalue weighted by Crippen LogP contribution is 2.36. The Bertz CT molecular complexity index is 468. The Balaban J connectivity index is 1.72. The number of hydrogen-bond donors (Lipinski definition) is 1. The van der Waals surface area contributed by atoms with E-state index in [0.29, 0.717) is 6.04 Å². The van der Waals surface area contributed by atoms with E-state index in [0.717, 1.165) is 30.3 Å². The molecule has 1 saturated carbocycles. The lowest BCUT2D eigenvalue weighted by molar-refractivity contribution is 0.0690. The molecule has 20 heavy (non-hydrogen) atoms. The summed E-state index contributed by atoms with van der Waals surface area (Å²) >= 11 is 0. The number of anilines is 1. The maximum atomic E-state index is 12.7. The third kappa shape index (κ3) is 2.54. The molecule has 1 aliphatic heterocycles. The number of rotatable bonds is 3. The van der Waals surface area contributed by atoms with Crippen molar-refractivity contribution < 1.29 is 4.79 Å². The van der Waals surface area contributed by atoms with Gasteiger partial charge in [0.15, 0.2) is 0 Å². The van der Waals surface area contributed by atoms with E-state index < -0.39 is 0 Å². The normalized spacial score (nSPS) is 25.4. The molecule has 3 heteroatoms. The van der Waals surface area contributed by atoms with Crippen molar-refractivity contribution in [1.82, 2.24) is 4.90 Å². The van der Waals surface area contributed by atoms with Gasteiger partial charge in [0.1, 0.15) is 0 Å². The minimum atomic E-state index is 0.224. The molecule has 0 spiro atoms. The van der Waals surface area contributed by atoms with E-state index in [1.807, 2.05) is 24.3 Å². The zero-order valence-corrected chi connectivity index (χ0v) is 12.3. The van der Waals surface area contributed by atoms with Crippen molar-refractivity contribution in [1.29, 1.82) is 0 Å². The maximum Gasteiger partial charge on any atom is 0.254 e. The highest BCUT2D eigenvalue weighted by Gasteiger charge is 2.38. The van der Waals surface area contributed by atoms with E-state index in [1.165, 1.54) is 32.1 Å². The number of likely N-dealkylation sites (tertiary alicyclic amines) is 1. The lowest BCUT2D eigenvalue weighted by Crippen LogP contribution is -2.39. The third-order valence-electron chi connectivity index (χ3n) is 4.78. The summed E-state index contributed by atoms with van der Waals surface area (Å²) in [4.78, 5) is 14.8. The predicted octanol–water partition coefficient (Wildman–Crippen LogP) is 3.52. The molecule has 1 amide bonds. The molecule has 0 aromatic heterocycles. The monoisotopic (exact) mass is 272 g/mol. The molecule has 1 heterocycles. The van der Waals surface area contributed by atoms with E-state index in [1.54, 1.807) is 0 Å². The van der Waals surface area contributed by atoms with Crippen LogP contribution in [0.1, 0.15) is 49.4 Å². The fourth-order valence-corrected chi connectivity index (χ4v) is 3.76. The third-order valence-corrected chi connectivity index (χ3v) is 4.78. The molecule has 3 rings (SSSR count). The zero-order valence-electron chi connectivity index (χ0n) is 12.3. The van der Waals surface area contributed by atoms with Gasteiger partial charge in [-0.3, -0.25) is 4.79 Å². The van der Waals surface area contributed by atoms with Crippen LogP contribution in [0.15, 0.2) is 24.3 Å². The lowest BCUT2D eigenvalue weighted by Gasteiger charge is -2.31. The van der Waals surface area contributed by atoms with Gasteiger partial charge in [-0.15, -0.1) is 0 Å². The molecule has 1 aromatic carbocycles. The van der Waals surface area contributed by atoms with Crippen LogP contribution >= 0.6 is 0 Å². The summed E-state index contributed by atoms with van der Waals surface area (Å²) < 4.78 is 0. The van der Waals surface area contributed by atoms with Gasteiger partial charge < -0.3 is 10.2 Å². The standard InChI is InChI=1S/C17H24N2O/c1-2-18-15-9-7-14(8-10-15)17(20)19-12-11-13-5-3-4-6-16(13)19/h7-10,13,16,18H,2-6,11-12H2,1H3. The molecule has 1 N–H and O–H groups in total. The fraction of sp³-hybridized carbons (Fsp3) is 0.588. The highest BCUT2D eigenvalue weighted by atomic mass is 16.2. The zero-order chi connectivity index (χ0) is 13.9. The van der Waals surface area contributed by atoms with Gasteiger partial charge in [0.05, 0.1) is 0 Å². The van der Waals surface area contributed by atoms with Crippen LogP contribution in [0.3, 0.4) is 0 Å². The molecule has 1 aliphatic carbocycles. The molecule has 0 bridgehead atoms. The summed E-state index contributed by atoms with van der Waals surface area (Å²) in [5.74, 6) is 0.983. The predicted molar refractivity (Wildman–Crippen MR) is 82.0 cm³/mol. The van der Waals surface area contributed by atoms with Gasteiger partial charge in [0, 0.05) is 30.4 Å². The quantitative estimate of drug-likeness (QED) is 0.913. The molecular weight excluding hydrogens is 248 g/mol. The molecule has 0 radical (unpaired) electrons. The maximum absolute atomic E-state index is 12.7. The van der Waals surface area contributed by atoms with Gasteiger partial charge in [-0.2, -0.15) is 0 Å². The van der Waals surface area contributed by atoms with Gasteiger partial charge in [-0.05, 0) is 56.4 Å². The molecular formula is C17H24N2O. The van der Waals surface area contributed by atoms with Crippen molar-refractivity contribution >= 4 is 11.6 Å². The van der Waals surface area contributed by atoms with Crippen molar-refractivity contribution in [3.05, 3.63) is 29.8 Å². The molecule has 108 valence electrons. The molecule has 1 saturated heterocycles. The number of benzene rings is 1. The van der Waals surface area contributed by atoms with Crippen LogP contribution in [0.2, 0.25) is 0 Å². The Morgan fingerprint density at radius 1 is 1.20 bits per heavy atom. The Hall–Kier alpha value is -1.51. The summed E-state index contributed by atoms with van der Waals surface area (Å²) in [7, 11) is 0. The first-order valence-corrected chi connectivity index (χ1v) is 7.94. The van der Waals surface area contributed by atoms with Crippen molar-refractivity contribution in [2.75, 3.05) is 18.4 Å². The van der Waals surface area contributed by atoms with Crippen LogP contribution in [-0.4, -0.2) is 29.9 Å². The van der Waals surface area contributed by atoms with Crippen LogP contribution in [-0.2, 0) is 0 Å². The first-order chi connectivity index (χ1) is 9.79. The Morgan fingerprint density at radius 2 is 1.95 bits per heavy atom. The number of nitrogens with one attached hydrogen (secondary N) is 1. The van der Waals surface area contributed by atoms with Crippen LogP contribution < -0.4 is 5.32 Å². The number of fused-ring (bicyclic) bond motifs is 1. The largest absolute Gasteiger partial charge is 0.385 e. The Morgan fingerprint density at radius 3 is 2.70 bits per heavy atom. The van der Waals surface area contributed by atoms with Gasteiger partial charge in [0.2, 0.25) is 0 Å². The summed E-state index contributed by atoms with van der Waals surface area (Å²) in [6.45, 7) is 3.93. The summed E-state index contributed by atoms with van der Waals surface area (Å²) in [5.41, 5.74) is 1.92. The number of nitrogens with zero attached hydrogens (tertiary/aromatic N) is 1. The molecule has 2 aliphatic rings. The Labute approximate surface area is 121 Å². The summed E-state index contributed by atoms with van der Waals surface area (Å²) in [5, 5.41) is 3.26. The first-order valence-electron chi connectivity index (χ1n) is 7.94. The second kappa shape index (κ2) is 5.86. The van der Waals surface area contributed by atoms with Crippen molar-refractivity contribution in [3.8, 4) is 0 Å².